The molecule has 1 heteroatoms. The number of likely N-dealkylation sites (tertiary alicyclic amines) is 1. The normalized spacial score (nSPS) is 27.2. The van der Waals surface area contributed by atoms with Crippen molar-refractivity contribution < 1.29 is 0 Å². The van der Waals surface area contributed by atoms with E-state index in [1.54, 1.807) is 0 Å². The van der Waals surface area contributed by atoms with Crippen LogP contribution < -0.4 is 0 Å². The third kappa shape index (κ3) is 3.89. The molecule has 1 unspecified atom stereocenters. The van der Waals surface area contributed by atoms with E-state index in [9.17, 15) is 0 Å². The van der Waals surface area contributed by atoms with Crippen LogP contribution in [0, 0.1) is 17.8 Å². The standard InChI is InChI=1S/C16H25N/c1-2-16-12-6-7-13-17(16)14-8-11-15-9-4-3-5-10-15/h2,15-16H,1,3-7,9-10,12-14H2. The van der Waals surface area contributed by atoms with Crippen LogP contribution in [0.2, 0.25) is 0 Å². The Hall–Kier alpha value is -0.740. The Kier molecular flexibility index (Phi) is 5.13. The summed E-state index contributed by atoms with van der Waals surface area (Å²) in [6.45, 7) is 6.10. The molecule has 94 valence electrons. The van der Waals surface area contributed by atoms with Crippen molar-refractivity contribution in [2.75, 3.05) is 13.1 Å². The quantitative estimate of drug-likeness (QED) is 0.518. The van der Waals surface area contributed by atoms with Crippen LogP contribution >= 0.6 is 0 Å². The molecule has 1 saturated carbocycles. The van der Waals surface area contributed by atoms with Crippen molar-refractivity contribution in [1.82, 2.24) is 4.90 Å². The predicted molar refractivity (Wildman–Crippen MR) is 73.8 cm³/mol. The van der Waals surface area contributed by atoms with Gasteiger partial charge in [0, 0.05) is 12.0 Å². The summed E-state index contributed by atoms with van der Waals surface area (Å²) >= 11 is 0. The highest BCUT2D eigenvalue weighted by Crippen LogP contribution is 2.22. The Morgan fingerprint density at radius 3 is 2.59 bits per heavy atom. The second kappa shape index (κ2) is 6.87. The third-order valence-electron chi connectivity index (χ3n) is 4.13. The summed E-state index contributed by atoms with van der Waals surface area (Å²) in [5, 5.41) is 0. The molecule has 0 bridgehead atoms. The topological polar surface area (TPSA) is 3.24 Å². The van der Waals surface area contributed by atoms with E-state index < -0.39 is 0 Å². The van der Waals surface area contributed by atoms with Gasteiger partial charge in [-0.25, -0.2) is 0 Å². The monoisotopic (exact) mass is 231 g/mol. The largest absolute Gasteiger partial charge is 0.286 e. The van der Waals surface area contributed by atoms with Gasteiger partial charge in [-0.2, -0.15) is 0 Å². The SMILES string of the molecule is C=CC1CCCCN1CC#CC1CCCCC1. The van der Waals surface area contributed by atoms with Gasteiger partial charge in [0.15, 0.2) is 0 Å². The Labute approximate surface area is 106 Å². The van der Waals surface area contributed by atoms with E-state index >= 15 is 0 Å². The van der Waals surface area contributed by atoms with Crippen LogP contribution in [-0.2, 0) is 0 Å². The molecule has 1 saturated heterocycles. The molecule has 1 heterocycles. The van der Waals surface area contributed by atoms with Gasteiger partial charge in [0.25, 0.3) is 0 Å². The van der Waals surface area contributed by atoms with E-state index in [0.717, 1.165) is 6.54 Å². The van der Waals surface area contributed by atoms with Crippen LogP contribution in [0.25, 0.3) is 0 Å². The van der Waals surface area contributed by atoms with E-state index in [2.05, 4.69) is 29.4 Å². The lowest BCUT2D eigenvalue weighted by Gasteiger charge is -2.32. The lowest BCUT2D eigenvalue weighted by atomic mass is 9.90. The van der Waals surface area contributed by atoms with Gasteiger partial charge in [-0.1, -0.05) is 43.6 Å². The fourth-order valence-corrected chi connectivity index (χ4v) is 3.02. The van der Waals surface area contributed by atoms with Gasteiger partial charge in [0.05, 0.1) is 6.54 Å². The van der Waals surface area contributed by atoms with Crippen molar-refractivity contribution in [2.45, 2.75) is 57.4 Å². The smallest absolute Gasteiger partial charge is 0.0606 e. The van der Waals surface area contributed by atoms with Gasteiger partial charge >= 0.3 is 0 Å². The maximum Gasteiger partial charge on any atom is 0.0606 e. The van der Waals surface area contributed by atoms with Gasteiger partial charge in [-0.3, -0.25) is 4.90 Å². The van der Waals surface area contributed by atoms with Gasteiger partial charge < -0.3 is 0 Å². The van der Waals surface area contributed by atoms with Gasteiger partial charge in [0.1, 0.15) is 0 Å². The molecule has 0 aromatic heterocycles. The highest BCUT2D eigenvalue weighted by atomic mass is 15.1. The van der Waals surface area contributed by atoms with Crippen LogP contribution in [0.4, 0.5) is 0 Å². The lowest BCUT2D eigenvalue weighted by molar-refractivity contribution is 0.202. The molecule has 2 fully saturated rings. The third-order valence-corrected chi connectivity index (χ3v) is 4.13. The van der Waals surface area contributed by atoms with Gasteiger partial charge in [-0.05, 0) is 32.2 Å². The average molecular weight is 231 g/mol. The van der Waals surface area contributed by atoms with Crippen molar-refractivity contribution in [3.8, 4) is 11.8 Å². The highest BCUT2D eigenvalue weighted by molar-refractivity contribution is 5.07. The summed E-state index contributed by atoms with van der Waals surface area (Å²) in [6.07, 6.45) is 12.9. The summed E-state index contributed by atoms with van der Waals surface area (Å²) in [6, 6.07) is 0.574. The molecule has 2 aliphatic rings. The Morgan fingerprint density at radius 2 is 1.82 bits per heavy atom. The van der Waals surface area contributed by atoms with Crippen molar-refractivity contribution in [1.29, 1.82) is 0 Å². The first kappa shape index (κ1) is 12.7. The summed E-state index contributed by atoms with van der Waals surface area (Å²) in [5.41, 5.74) is 0. The lowest BCUT2D eigenvalue weighted by Crippen LogP contribution is -2.38. The summed E-state index contributed by atoms with van der Waals surface area (Å²) in [5.74, 6) is 7.60. The molecule has 1 atom stereocenters. The Balaban J connectivity index is 1.79. The van der Waals surface area contributed by atoms with Gasteiger partial charge in [-0.15, -0.1) is 6.58 Å². The van der Waals surface area contributed by atoms with Crippen molar-refractivity contribution in [2.24, 2.45) is 5.92 Å². The number of hydrogen-bond donors (Lipinski definition) is 0. The van der Waals surface area contributed by atoms with Crippen molar-refractivity contribution >= 4 is 0 Å². The van der Waals surface area contributed by atoms with E-state index in [4.69, 9.17) is 0 Å². The summed E-state index contributed by atoms with van der Waals surface area (Å²) in [4.78, 5) is 2.49. The Bertz CT molecular complexity index is 290. The zero-order valence-corrected chi connectivity index (χ0v) is 11.0. The maximum atomic E-state index is 3.94. The minimum Gasteiger partial charge on any atom is -0.286 e. The molecular weight excluding hydrogens is 206 g/mol. The maximum absolute atomic E-state index is 3.94. The van der Waals surface area contributed by atoms with Gasteiger partial charge in [0.2, 0.25) is 0 Å². The van der Waals surface area contributed by atoms with Crippen molar-refractivity contribution in [3.05, 3.63) is 12.7 Å². The first-order valence-electron chi connectivity index (χ1n) is 7.25. The molecule has 17 heavy (non-hydrogen) atoms. The molecule has 0 radical (unpaired) electrons. The minimum absolute atomic E-state index is 0.574. The average Bonchev–Trinajstić information content (AvgIpc) is 2.40. The predicted octanol–water partition coefficient (Wildman–Crippen LogP) is 3.61. The van der Waals surface area contributed by atoms with Crippen molar-refractivity contribution in [3.63, 3.8) is 0 Å². The number of hydrogen-bond acceptors (Lipinski definition) is 1. The van der Waals surface area contributed by atoms with Crippen LogP contribution in [-0.4, -0.2) is 24.0 Å². The minimum atomic E-state index is 0.574. The Morgan fingerprint density at radius 1 is 1.06 bits per heavy atom. The fraction of sp³-hybridized carbons (Fsp3) is 0.750. The molecular formula is C16H25N. The summed E-state index contributed by atoms with van der Waals surface area (Å²) < 4.78 is 0. The van der Waals surface area contributed by atoms with Crippen LogP contribution in [0.5, 0.6) is 0 Å². The second-order valence-corrected chi connectivity index (χ2v) is 5.43. The molecule has 1 aliphatic heterocycles. The zero-order chi connectivity index (χ0) is 11.9. The van der Waals surface area contributed by atoms with Crippen LogP contribution in [0.3, 0.4) is 0 Å². The highest BCUT2D eigenvalue weighted by Gasteiger charge is 2.18. The molecule has 1 aliphatic carbocycles. The second-order valence-electron chi connectivity index (χ2n) is 5.43. The molecule has 0 amide bonds. The number of rotatable bonds is 2. The molecule has 0 aromatic carbocycles. The molecule has 0 aromatic rings. The number of nitrogens with zero attached hydrogens (tertiary/aromatic N) is 1. The zero-order valence-electron chi connectivity index (χ0n) is 11.0. The molecule has 2 rings (SSSR count). The fourth-order valence-electron chi connectivity index (χ4n) is 3.02. The first-order valence-corrected chi connectivity index (χ1v) is 7.25. The van der Waals surface area contributed by atoms with E-state index in [0.29, 0.717) is 12.0 Å². The molecule has 0 spiro atoms. The van der Waals surface area contributed by atoms with E-state index in [1.807, 2.05) is 0 Å². The van der Waals surface area contributed by atoms with E-state index in [-0.39, 0.29) is 0 Å². The number of piperidine rings is 1. The molecule has 0 N–H and O–H groups in total. The molecule has 1 nitrogen and oxygen atoms in total. The first-order chi connectivity index (χ1) is 8.40. The van der Waals surface area contributed by atoms with E-state index in [1.165, 1.54) is 57.9 Å². The van der Waals surface area contributed by atoms with Crippen LogP contribution in [0.15, 0.2) is 12.7 Å². The summed E-state index contributed by atoms with van der Waals surface area (Å²) in [7, 11) is 0. The van der Waals surface area contributed by atoms with Crippen LogP contribution in [0.1, 0.15) is 51.4 Å².